The van der Waals surface area contributed by atoms with E-state index in [9.17, 15) is 13.2 Å². The number of sulfonamides is 1. The van der Waals surface area contributed by atoms with Crippen molar-refractivity contribution < 1.29 is 23.1 Å². The zero-order valence-electron chi connectivity index (χ0n) is 10.5. The van der Waals surface area contributed by atoms with Gasteiger partial charge in [0, 0.05) is 13.2 Å². The Morgan fingerprint density at radius 3 is 2.84 bits per heavy atom. The normalized spacial score (nSPS) is 11.5. The highest BCUT2D eigenvalue weighted by Gasteiger charge is 2.25. The molecule has 0 aliphatic carbocycles. The fourth-order valence-corrected chi connectivity index (χ4v) is 3.59. The molecule has 0 saturated heterocycles. The van der Waals surface area contributed by atoms with Gasteiger partial charge in [-0.05, 0) is 19.3 Å². The number of nitrogens with one attached hydrogen (secondary N) is 1. The Balaban J connectivity index is 2.67. The van der Waals surface area contributed by atoms with Gasteiger partial charge < -0.3 is 9.84 Å². The van der Waals surface area contributed by atoms with Crippen molar-refractivity contribution in [3.63, 3.8) is 0 Å². The van der Waals surface area contributed by atoms with Crippen LogP contribution in [0.15, 0.2) is 9.72 Å². The highest BCUT2D eigenvalue weighted by molar-refractivity contribution is 7.91. The summed E-state index contributed by atoms with van der Waals surface area (Å²) in [5.41, 5.74) is 1.09. The number of thiazole rings is 1. The first-order valence-electron chi connectivity index (χ1n) is 5.65. The van der Waals surface area contributed by atoms with E-state index in [0.29, 0.717) is 12.8 Å². The molecule has 0 radical (unpaired) electrons. The van der Waals surface area contributed by atoms with E-state index in [1.807, 2.05) is 0 Å². The Labute approximate surface area is 115 Å². The second-order valence-electron chi connectivity index (χ2n) is 3.66. The predicted molar refractivity (Wildman–Crippen MR) is 69.6 cm³/mol. The third-order valence-corrected chi connectivity index (χ3v) is 5.12. The molecule has 0 aromatic carbocycles. The van der Waals surface area contributed by atoms with Gasteiger partial charge in [-0.15, -0.1) is 11.3 Å². The van der Waals surface area contributed by atoms with Crippen LogP contribution in [0.4, 0.5) is 0 Å². The molecule has 0 spiro atoms. The number of methoxy groups -OCH3 is 1. The van der Waals surface area contributed by atoms with Gasteiger partial charge in [-0.25, -0.2) is 22.9 Å². The average Bonchev–Trinajstić information content (AvgIpc) is 2.87. The highest BCUT2D eigenvalue weighted by Crippen LogP contribution is 2.20. The molecule has 1 heterocycles. The van der Waals surface area contributed by atoms with Crippen molar-refractivity contribution in [2.75, 3.05) is 20.3 Å². The molecular weight excluding hydrogens is 292 g/mol. The lowest BCUT2D eigenvalue weighted by molar-refractivity contribution is 0.0590. The quantitative estimate of drug-likeness (QED) is 0.531. The summed E-state index contributed by atoms with van der Waals surface area (Å²) in [6.45, 7) is 0.342. The van der Waals surface area contributed by atoms with Crippen molar-refractivity contribution in [3.8, 4) is 0 Å². The van der Waals surface area contributed by atoms with E-state index in [2.05, 4.69) is 14.4 Å². The predicted octanol–water partition coefficient (Wildman–Crippen LogP) is 0.371. The summed E-state index contributed by atoms with van der Waals surface area (Å²) in [7, 11) is -2.58. The van der Waals surface area contributed by atoms with Crippen molar-refractivity contribution >= 4 is 27.3 Å². The molecule has 1 aromatic rings. The number of unbranched alkanes of at least 4 members (excludes halogenated alkanes) is 2. The SMILES string of the molecule is COC(=O)c1ncsc1S(=O)(=O)NCCCCCO. The van der Waals surface area contributed by atoms with Crippen molar-refractivity contribution in [1.29, 1.82) is 0 Å². The van der Waals surface area contributed by atoms with Crippen LogP contribution in [0.2, 0.25) is 0 Å². The third kappa shape index (κ3) is 4.53. The lowest BCUT2D eigenvalue weighted by atomic mass is 10.2. The standard InChI is InChI=1S/C10H16N2O5S2/c1-17-9(14)8-10(18-7-11-8)19(15,16)12-5-3-2-4-6-13/h7,12-13H,2-6H2,1H3. The van der Waals surface area contributed by atoms with Crippen LogP contribution in [-0.4, -0.2) is 44.7 Å². The zero-order chi connectivity index (χ0) is 14.3. The number of aliphatic hydroxyl groups excluding tert-OH is 1. The van der Waals surface area contributed by atoms with Gasteiger partial charge in [0.25, 0.3) is 10.0 Å². The molecule has 0 unspecified atom stereocenters. The molecule has 7 nitrogen and oxygen atoms in total. The van der Waals surface area contributed by atoms with Gasteiger partial charge in [0.1, 0.15) is 0 Å². The topological polar surface area (TPSA) is 106 Å². The maximum Gasteiger partial charge on any atom is 0.358 e. The van der Waals surface area contributed by atoms with Crippen molar-refractivity contribution in [2.45, 2.75) is 23.5 Å². The Kier molecular flexibility index (Phi) is 6.35. The van der Waals surface area contributed by atoms with Gasteiger partial charge in [-0.3, -0.25) is 0 Å². The van der Waals surface area contributed by atoms with Gasteiger partial charge >= 0.3 is 5.97 Å². The maximum absolute atomic E-state index is 12.0. The smallest absolute Gasteiger partial charge is 0.358 e. The molecule has 0 saturated carbocycles. The van der Waals surface area contributed by atoms with Crippen molar-refractivity contribution in [2.24, 2.45) is 0 Å². The number of rotatable bonds is 8. The number of esters is 1. The summed E-state index contributed by atoms with van der Waals surface area (Å²) < 4.78 is 30.7. The van der Waals surface area contributed by atoms with E-state index >= 15 is 0 Å². The number of ether oxygens (including phenoxy) is 1. The third-order valence-electron chi connectivity index (χ3n) is 2.28. The minimum atomic E-state index is -3.75. The number of hydrogen-bond donors (Lipinski definition) is 2. The number of aromatic nitrogens is 1. The molecule has 0 bridgehead atoms. The van der Waals surface area contributed by atoms with E-state index in [1.165, 1.54) is 12.6 Å². The summed E-state index contributed by atoms with van der Waals surface area (Å²) in [5.74, 6) is -0.776. The van der Waals surface area contributed by atoms with Gasteiger partial charge in [-0.1, -0.05) is 0 Å². The number of carbonyl (C=O) groups excluding carboxylic acids is 1. The molecule has 1 rings (SSSR count). The Morgan fingerprint density at radius 1 is 1.47 bits per heavy atom. The van der Waals surface area contributed by atoms with E-state index in [-0.39, 0.29) is 23.1 Å². The van der Waals surface area contributed by atoms with E-state index in [4.69, 9.17) is 5.11 Å². The average molecular weight is 308 g/mol. The second kappa shape index (κ2) is 7.53. The lowest BCUT2D eigenvalue weighted by Gasteiger charge is -2.05. The first kappa shape index (κ1) is 16.0. The summed E-state index contributed by atoms with van der Waals surface area (Å²) in [5, 5.41) is 8.60. The van der Waals surface area contributed by atoms with Crippen LogP contribution in [0.25, 0.3) is 0 Å². The second-order valence-corrected chi connectivity index (χ2v) is 6.48. The fourth-order valence-electron chi connectivity index (χ4n) is 1.34. The molecule has 0 aliphatic rings. The molecule has 0 fully saturated rings. The number of carbonyl (C=O) groups is 1. The fraction of sp³-hybridized carbons (Fsp3) is 0.600. The summed E-state index contributed by atoms with van der Waals surface area (Å²) >= 11 is 0.866. The molecule has 1 aromatic heterocycles. The minimum Gasteiger partial charge on any atom is -0.464 e. The molecule has 9 heteroatoms. The van der Waals surface area contributed by atoms with E-state index in [0.717, 1.165) is 17.8 Å². The van der Waals surface area contributed by atoms with Crippen LogP contribution in [-0.2, 0) is 14.8 Å². The van der Waals surface area contributed by atoms with Gasteiger partial charge in [0.15, 0.2) is 9.90 Å². The largest absolute Gasteiger partial charge is 0.464 e. The Morgan fingerprint density at radius 2 is 2.21 bits per heavy atom. The van der Waals surface area contributed by atoms with Crippen molar-refractivity contribution in [3.05, 3.63) is 11.2 Å². The molecule has 19 heavy (non-hydrogen) atoms. The van der Waals surface area contributed by atoms with E-state index < -0.39 is 16.0 Å². The van der Waals surface area contributed by atoms with Crippen LogP contribution >= 0.6 is 11.3 Å². The minimum absolute atomic E-state index is 0.0914. The van der Waals surface area contributed by atoms with Crippen molar-refractivity contribution in [1.82, 2.24) is 9.71 Å². The molecule has 2 N–H and O–H groups in total. The van der Waals surface area contributed by atoms with Crippen LogP contribution in [0.5, 0.6) is 0 Å². The Hall–Kier alpha value is -1.03. The van der Waals surface area contributed by atoms with Crippen LogP contribution in [0.3, 0.4) is 0 Å². The monoisotopic (exact) mass is 308 g/mol. The van der Waals surface area contributed by atoms with Gasteiger partial charge in [-0.2, -0.15) is 0 Å². The zero-order valence-corrected chi connectivity index (χ0v) is 12.1. The number of hydrogen-bond acceptors (Lipinski definition) is 7. The molecule has 0 atom stereocenters. The molecule has 0 aliphatic heterocycles. The Bertz CT molecular complexity index is 512. The molecule has 108 valence electrons. The molecular formula is C10H16N2O5S2. The molecule has 0 amide bonds. The van der Waals surface area contributed by atoms with Crippen LogP contribution < -0.4 is 4.72 Å². The van der Waals surface area contributed by atoms with Crippen LogP contribution in [0.1, 0.15) is 29.8 Å². The first-order valence-corrected chi connectivity index (χ1v) is 8.01. The summed E-state index contributed by atoms with van der Waals surface area (Å²) in [6, 6.07) is 0. The van der Waals surface area contributed by atoms with E-state index in [1.54, 1.807) is 0 Å². The first-order chi connectivity index (χ1) is 9.03. The number of aliphatic hydroxyl groups is 1. The summed E-state index contributed by atoms with van der Waals surface area (Å²) in [6.07, 6.45) is 1.98. The number of nitrogens with zero attached hydrogens (tertiary/aromatic N) is 1. The lowest BCUT2D eigenvalue weighted by Crippen LogP contribution is -2.25. The van der Waals surface area contributed by atoms with Gasteiger partial charge in [0.05, 0.1) is 12.6 Å². The maximum atomic E-state index is 12.0. The van der Waals surface area contributed by atoms with Crippen LogP contribution in [0, 0.1) is 0 Å². The summed E-state index contributed by atoms with van der Waals surface area (Å²) in [4.78, 5) is 15.1. The highest BCUT2D eigenvalue weighted by atomic mass is 32.2. The van der Waals surface area contributed by atoms with Gasteiger partial charge in [0.2, 0.25) is 0 Å².